The van der Waals surface area contributed by atoms with Crippen molar-refractivity contribution in [3.05, 3.63) is 42.5 Å². The quantitative estimate of drug-likeness (QED) is 0.756. The molecule has 1 saturated heterocycles. The number of carbonyl (C=O) groups is 1. The summed E-state index contributed by atoms with van der Waals surface area (Å²) in [5.41, 5.74) is 8.66. The van der Waals surface area contributed by atoms with E-state index >= 15 is 0 Å². The monoisotopic (exact) mass is 351 g/mol. The van der Waals surface area contributed by atoms with Gasteiger partial charge >= 0.3 is 0 Å². The number of rotatable bonds is 4. The molecule has 0 atom stereocenters. The van der Waals surface area contributed by atoms with Crippen molar-refractivity contribution in [2.24, 2.45) is 11.1 Å². The molecule has 1 aliphatic heterocycles. The first kappa shape index (κ1) is 17.1. The Morgan fingerprint density at radius 2 is 1.88 bits per heavy atom. The van der Waals surface area contributed by atoms with E-state index < -0.39 is 5.41 Å². The van der Waals surface area contributed by atoms with Gasteiger partial charge in [0.2, 0.25) is 5.91 Å². The van der Waals surface area contributed by atoms with Gasteiger partial charge in [0.1, 0.15) is 0 Å². The minimum absolute atomic E-state index is 0.00174. The molecule has 3 N–H and O–H groups in total. The van der Waals surface area contributed by atoms with E-state index in [1.54, 1.807) is 0 Å². The van der Waals surface area contributed by atoms with Gasteiger partial charge in [-0.3, -0.25) is 4.79 Å². The molecule has 0 bridgehead atoms. The van der Waals surface area contributed by atoms with E-state index in [2.05, 4.69) is 53.2 Å². The second-order valence-corrected chi connectivity index (χ2v) is 7.04. The van der Waals surface area contributed by atoms with Crippen molar-refractivity contribution in [2.45, 2.75) is 26.3 Å². The number of nitrogens with zero attached hydrogens (tertiary/aromatic N) is 1. The van der Waals surface area contributed by atoms with Crippen LogP contribution in [0.3, 0.4) is 0 Å². The van der Waals surface area contributed by atoms with Gasteiger partial charge in [0, 0.05) is 53.8 Å². The smallest absolute Gasteiger partial charge is 0.232 e. The zero-order valence-electron chi connectivity index (χ0n) is 15.1. The molecule has 5 nitrogen and oxygen atoms in total. The summed E-state index contributed by atoms with van der Waals surface area (Å²) in [4.78, 5) is 12.9. The Labute approximate surface area is 153 Å². The Hall–Kier alpha value is -2.37. The molecule has 0 unspecified atom stereocenters. The number of para-hydroxylation sites is 1. The van der Waals surface area contributed by atoms with Crippen molar-refractivity contribution in [1.29, 1.82) is 0 Å². The molecule has 1 fully saturated rings. The van der Waals surface area contributed by atoms with Crippen LogP contribution < -0.4 is 11.1 Å². The van der Waals surface area contributed by atoms with Gasteiger partial charge in [-0.25, -0.2) is 0 Å². The maximum absolute atomic E-state index is 12.9. The van der Waals surface area contributed by atoms with E-state index in [4.69, 9.17) is 10.5 Å². The molecule has 4 rings (SSSR count). The Morgan fingerprint density at radius 3 is 2.62 bits per heavy atom. The summed E-state index contributed by atoms with van der Waals surface area (Å²) < 4.78 is 7.71. The molecule has 26 heavy (non-hydrogen) atoms. The van der Waals surface area contributed by atoms with E-state index in [-0.39, 0.29) is 5.91 Å². The molecule has 2 heterocycles. The number of fused-ring (bicyclic) bond motifs is 3. The highest BCUT2D eigenvalue weighted by Gasteiger charge is 2.38. The molecule has 5 heteroatoms. The third-order valence-corrected chi connectivity index (χ3v) is 5.67. The van der Waals surface area contributed by atoms with Crippen LogP contribution in [0.2, 0.25) is 0 Å². The highest BCUT2D eigenvalue weighted by Crippen LogP contribution is 2.33. The molecule has 1 amide bonds. The lowest BCUT2D eigenvalue weighted by Gasteiger charge is -2.34. The average Bonchev–Trinajstić information content (AvgIpc) is 3.01. The lowest BCUT2D eigenvalue weighted by molar-refractivity contribution is -0.130. The van der Waals surface area contributed by atoms with Crippen LogP contribution in [0.5, 0.6) is 0 Å². The minimum atomic E-state index is -0.523. The fourth-order valence-electron chi connectivity index (χ4n) is 4.02. The summed E-state index contributed by atoms with van der Waals surface area (Å²) in [7, 11) is 0. The van der Waals surface area contributed by atoms with Gasteiger partial charge in [-0.05, 0) is 44.0 Å². The molecular weight excluding hydrogens is 326 g/mol. The van der Waals surface area contributed by atoms with Crippen molar-refractivity contribution >= 4 is 33.4 Å². The number of aromatic nitrogens is 1. The zero-order chi connectivity index (χ0) is 18.1. The molecule has 136 valence electrons. The maximum Gasteiger partial charge on any atom is 0.232 e. The van der Waals surface area contributed by atoms with Crippen LogP contribution in [0.15, 0.2) is 42.5 Å². The highest BCUT2D eigenvalue weighted by atomic mass is 16.5. The van der Waals surface area contributed by atoms with Gasteiger partial charge in [-0.15, -0.1) is 0 Å². The van der Waals surface area contributed by atoms with E-state index in [1.807, 2.05) is 6.07 Å². The van der Waals surface area contributed by atoms with Gasteiger partial charge in [0.15, 0.2) is 0 Å². The fraction of sp³-hybridized carbons (Fsp3) is 0.381. The third-order valence-electron chi connectivity index (χ3n) is 5.67. The number of nitrogens with two attached hydrogens (primary N) is 1. The molecule has 1 aromatic heterocycles. The van der Waals surface area contributed by atoms with E-state index in [0.29, 0.717) is 32.6 Å². The minimum Gasteiger partial charge on any atom is -0.381 e. The number of ether oxygens (including phenoxy) is 1. The first-order valence-corrected chi connectivity index (χ1v) is 9.29. The molecule has 2 aromatic carbocycles. The molecule has 0 spiro atoms. The first-order valence-electron chi connectivity index (χ1n) is 9.29. The van der Waals surface area contributed by atoms with Crippen LogP contribution in [0.4, 0.5) is 5.69 Å². The van der Waals surface area contributed by atoms with Gasteiger partial charge in [0.25, 0.3) is 0 Å². The third kappa shape index (κ3) is 2.68. The SMILES string of the molecule is CCn1c2ccccc2c2cc(NC(=O)C3(CN)CCOCC3)ccc21. The van der Waals surface area contributed by atoms with Crippen LogP contribution in [-0.4, -0.2) is 30.2 Å². The summed E-state index contributed by atoms with van der Waals surface area (Å²) in [6, 6.07) is 14.5. The Kier molecular flexibility index (Phi) is 4.42. The number of anilines is 1. The van der Waals surface area contributed by atoms with Crippen LogP contribution in [0, 0.1) is 5.41 Å². The topological polar surface area (TPSA) is 69.3 Å². The number of hydrogen-bond acceptors (Lipinski definition) is 3. The van der Waals surface area contributed by atoms with Gasteiger partial charge < -0.3 is 20.4 Å². The molecule has 3 aromatic rings. The molecular formula is C21H25N3O2. The second-order valence-electron chi connectivity index (χ2n) is 7.04. The Balaban J connectivity index is 1.71. The van der Waals surface area contributed by atoms with Crippen molar-refractivity contribution in [3.8, 4) is 0 Å². The van der Waals surface area contributed by atoms with Crippen LogP contribution in [-0.2, 0) is 16.1 Å². The van der Waals surface area contributed by atoms with Crippen LogP contribution in [0.25, 0.3) is 21.8 Å². The standard InChI is InChI=1S/C21H25N3O2/c1-2-24-18-6-4-3-5-16(18)17-13-15(7-8-19(17)24)23-20(25)21(14-22)9-11-26-12-10-21/h3-8,13H,2,9-12,14,22H2,1H3,(H,23,25). The summed E-state index contributed by atoms with van der Waals surface area (Å²) in [5.74, 6) is 0.00174. The summed E-state index contributed by atoms with van der Waals surface area (Å²) in [6.07, 6.45) is 1.35. The van der Waals surface area contributed by atoms with Crippen LogP contribution >= 0.6 is 0 Å². The predicted molar refractivity (Wildman–Crippen MR) is 105 cm³/mol. The molecule has 1 aliphatic rings. The maximum atomic E-state index is 12.9. The normalized spacial score (nSPS) is 16.8. The van der Waals surface area contributed by atoms with Crippen molar-refractivity contribution in [3.63, 3.8) is 0 Å². The van der Waals surface area contributed by atoms with Crippen molar-refractivity contribution in [2.75, 3.05) is 25.1 Å². The van der Waals surface area contributed by atoms with E-state index in [9.17, 15) is 4.79 Å². The van der Waals surface area contributed by atoms with Crippen LogP contribution in [0.1, 0.15) is 19.8 Å². The second kappa shape index (κ2) is 6.74. The fourth-order valence-corrected chi connectivity index (χ4v) is 4.02. The Bertz CT molecular complexity index is 954. The number of aryl methyl sites for hydroxylation is 1. The number of carbonyl (C=O) groups excluding carboxylic acids is 1. The number of benzene rings is 2. The zero-order valence-corrected chi connectivity index (χ0v) is 15.1. The van der Waals surface area contributed by atoms with Crippen molar-refractivity contribution < 1.29 is 9.53 Å². The van der Waals surface area contributed by atoms with E-state index in [1.165, 1.54) is 16.4 Å². The largest absolute Gasteiger partial charge is 0.381 e. The lowest BCUT2D eigenvalue weighted by Crippen LogP contribution is -2.46. The average molecular weight is 351 g/mol. The van der Waals surface area contributed by atoms with Gasteiger partial charge in [-0.1, -0.05) is 18.2 Å². The van der Waals surface area contributed by atoms with Gasteiger partial charge in [0.05, 0.1) is 5.41 Å². The van der Waals surface area contributed by atoms with Crippen molar-refractivity contribution in [1.82, 2.24) is 4.57 Å². The lowest BCUT2D eigenvalue weighted by atomic mass is 9.79. The predicted octanol–water partition coefficient (Wildman–Crippen LogP) is 3.51. The summed E-state index contributed by atoms with van der Waals surface area (Å²) in [6.45, 7) is 4.59. The van der Waals surface area contributed by atoms with Gasteiger partial charge in [-0.2, -0.15) is 0 Å². The molecule has 0 radical (unpaired) electrons. The summed E-state index contributed by atoms with van der Waals surface area (Å²) >= 11 is 0. The highest BCUT2D eigenvalue weighted by molar-refractivity contribution is 6.10. The number of nitrogens with one attached hydrogen (secondary N) is 1. The number of amides is 1. The molecule has 0 aliphatic carbocycles. The van der Waals surface area contributed by atoms with E-state index in [0.717, 1.165) is 17.6 Å². The number of hydrogen-bond donors (Lipinski definition) is 2. The first-order chi connectivity index (χ1) is 12.7. The molecule has 0 saturated carbocycles. The summed E-state index contributed by atoms with van der Waals surface area (Å²) in [5, 5.41) is 5.47. The Morgan fingerprint density at radius 1 is 1.15 bits per heavy atom.